The third-order valence-corrected chi connectivity index (χ3v) is 3.05. The van der Waals surface area contributed by atoms with E-state index in [1.807, 2.05) is 0 Å². The van der Waals surface area contributed by atoms with Crippen LogP contribution in [0.15, 0.2) is 0 Å². The topological polar surface area (TPSA) is 33.3 Å². The van der Waals surface area contributed by atoms with E-state index in [0.29, 0.717) is 11.5 Å². The van der Waals surface area contributed by atoms with Gasteiger partial charge in [0.2, 0.25) is 0 Å². The van der Waals surface area contributed by atoms with Crippen molar-refractivity contribution >= 4 is 0 Å². The van der Waals surface area contributed by atoms with Gasteiger partial charge in [0.25, 0.3) is 0 Å². The first kappa shape index (κ1) is 14.9. The van der Waals surface area contributed by atoms with Crippen molar-refractivity contribution in [2.24, 2.45) is 5.41 Å². The van der Waals surface area contributed by atoms with Gasteiger partial charge < -0.3 is 15.4 Å². The van der Waals surface area contributed by atoms with Gasteiger partial charge in [0.05, 0.1) is 12.7 Å². The minimum Gasteiger partial charge on any atom is -0.376 e. The first-order valence-corrected chi connectivity index (χ1v) is 6.86. The van der Waals surface area contributed by atoms with Gasteiger partial charge in [-0.05, 0) is 38.6 Å². The molecule has 1 heterocycles. The van der Waals surface area contributed by atoms with Crippen molar-refractivity contribution in [2.45, 2.75) is 59.1 Å². The summed E-state index contributed by atoms with van der Waals surface area (Å²) in [5.41, 5.74) is 0.583. The molecule has 102 valence electrons. The van der Waals surface area contributed by atoms with Crippen LogP contribution in [0.3, 0.4) is 0 Å². The lowest BCUT2D eigenvalue weighted by atomic mass is 9.82. The van der Waals surface area contributed by atoms with Crippen LogP contribution < -0.4 is 10.6 Å². The average Bonchev–Trinajstić information content (AvgIpc) is 2.15. The van der Waals surface area contributed by atoms with E-state index in [2.05, 4.69) is 45.3 Å². The molecule has 0 radical (unpaired) electrons. The largest absolute Gasteiger partial charge is 0.376 e. The van der Waals surface area contributed by atoms with Crippen molar-refractivity contribution in [3.05, 3.63) is 0 Å². The molecule has 1 aliphatic rings. The minimum absolute atomic E-state index is 0.209. The van der Waals surface area contributed by atoms with Gasteiger partial charge in [-0.1, -0.05) is 20.8 Å². The Labute approximate surface area is 107 Å². The SMILES string of the molecule is CC(C)(C)CC(C)(C)NCCC1CNCCO1. The quantitative estimate of drug-likeness (QED) is 0.775. The molecule has 1 rings (SSSR count). The zero-order valence-electron chi connectivity index (χ0n) is 12.2. The summed E-state index contributed by atoms with van der Waals surface area (Å²) < 4.78 is 5.69. The van der Waals surface area contributed by atoms with E-state index in [9.17, 15) is 0 Å². The van der Waals surface area contributed by atoms with E-state index in [1.54, 1.807) is 0 Å². The molecule has 0 saturated carbocycles. The maximum atomic E-state index is 5.69. The maximum Gasteiger partial charge on any atom is 0.0712 e. The molecule has 1 saturated heterocycles. The van der Waals surface area contributed by atoms with E-state index in [1.165, 1.54) is 6.42 Å². The Hall–Kier alpha value is -0.120. The lowest BCUT2D eigenvalue weighted by Gasteiger charge is -2.34. The number of hydrogen-bond donors (Lipinski definition) is 2. The van der Waals surface area contributed by atoms with Gasteiger partial charge in [-0.2, -0.15) is 0 Å². The fraction of sp³-hybridized carbons (Fsp3) is 1.00. The fourth-order valence-corrected chi connectivity index (χ4v) is 2.77. The molecule has 1 fully saturated rings. The summed E-state index contributed by atoms with van der Waals surface area (Å²) in [6, 6.07) is 0. The minimum atomic E-state index is 0.209. The molecule has 0 amide bonds. The lowest BCUT2D eigenvalue weighted by Crippen LogP contribution is -2.45. The molecule has 0 bridgehead atoms. The normalized spacial score (nSPS) is 22.8. The van der Waals surface area contributed by atoms with E-state index in [0.717, 1.165) is 32.7 Å². The number of rotatable bonds is 5. The third-order valence-electron chi connectivity index (χ3n) is 3.05. The summed E-state index contributed by atoms with van der Waals surface area (Å²) >= 11 is 0. The van der Waals surface area contributed by atoms with Crippen molar-refractivity contribution in [3.63, 3.8) is 0 Å². The molecular weight excluding hydrogens is 212 g/mol. The van der Waals surface area contributed by atoms with Crippen molar-refractivity contribution in [1.29, 1.82) is 0 Å². The van der Waals surface area contributed by atoms with Gasteiger partial charge in [-0.15, -0.1) is 0 Å². The standard InChI is InChI=1S/C14H30N2O/c1-13(2,3)11-14(4,5)16-7-6-12-10-15-8-9-17-12/h12,15-16H,6-11H2,1-5H3. The maximum absolute atomic E-state index is 5.69. The van der Waals surface area contributed by atoms with Crippen molar-refractivity contribution in [2.75, 3.05) is 26.2 Å². The van der Waals surface area contributed by atoms with Crippen LogP contribution in [0.2, 0.25) is 0 Å². The highest BCUT2D eigenvalue weighted by atomic mass is 16.5. The van der Waals surface area contributed by atoms with Gasteiger partial charge in [0.1, 0.15) is 0 Å². The molecule has 0 aromatic rings. The Bertz CT molecular complexity index is 215. The monoisotopic (exact) mass is 242 g/mol. The van der Waals surface area contributed by atoms with Crippen LogP contribution in [0.25, 0.3) is 0 Å². The summed E-state index contributed by atoms with van der Waals surface area (Å²) in [5.74, 6) is 0. The molecule has 0 spiro atoms. The zero-order valence-corrected chi connectivity index (χ0v) is 12.2. The molecule has 17 heavy (non-hydrogen) atoms. The van der Waals surface area contributed by atoms with Gasteiger partial charge in [-0.3, -0.25) is 0 Å². The smallest absolute Gasteiger partial charge is 0.0712 e. The molecular formula is C14H30N2O. The van der Waals surface area contributed by atoms with Gasteiger partial charge >= 0.3 is 0 Å². The van der Waals surface area contributed by atoms with E-state index < -0.39 is 0 Å². The summed E-state index contributed by atoms with van der Waals surface area (Å²) in [6.45, 7) is 15.4. The summed E-state index contributed by atoms with van der Waals surface area (Å²) in [4.78, 5) is 0. The Morgan fingerprint density at radius 2 is 1.94 bits per heavy atom. The second-order valence-corrected chi connectivity index (χ2v) is 7.03. The number of morpholine rings is 1. The third kappa shape index (κ3) is 7.02. The Morgan fingerprint density at radius 3 is 2.47 bits per heavy atom. The molecule has 2 N–H and O–H groups in total. The van der Waals surface area contributed by atoms with Gasteiger partial charge in [0.15, 0.2) is 0 Å². The highest BCUT2D eigenvalue weighted by Crippen LogP contribution is 2.26. The zero-order chi connectivity index (χ0) is 12.9. The first-order valence-electron chi connectivity index (χ1n) is 6.86. The second kappa shape index (κ2) is 6.17. The molecule has 1 unspecified atom stereocenters. The molecule has 0 aliphatic carbocycles. The number of hydrogen-bond acceptors (Lipinski definition) is 3. The van der Waals surface area contributed by atoms with Crippen LogP contribution in [0.4, 0.5) is 0 Å². The number of nitrogens with one attached hydrogen (secondary N) is 2. The predicted molar refractivity (Wildman–Crippen MR) is 73.4 cm³/mol. The summed E-state index contributed by atoms with van der Waals surface area (Å²) in [7, 11) is 0. The molecule has 3 heteroatoms. The first-order chi connectivity index (χ1) is 7.79. The van der Waals surface area contributed by atoms with Crippen molar-refractivity contribution < 1.29 is 4.74 Å². The average molecular weight is 242 g/mol. The molecule has 0 aromatic carbocycles. The Morgan fingerprint density at radius 1 is 1.24 bits per heavy atom. The fourth-order valence-electron chi connectivity index (χ4n) is 2.77. The van der Waals surface area contributed by atoms with Crippen LogP contribution in [-0.2, 0) is 4.74 Å². The summed E-state index contributed by atoms with van der Waals surface area (Å²) in [6.07, 6.45) is 2.67. The van der Waals surface area contributed by atoms with E-state index in [-0.39, 0.29) is 5.54 Å². The van der Waals surface area contributed by atoms with Crippen LogP contribution in [-0.4, -0.2) is 37.9 Å². The molecule has 0 aromatic heterocycles. The lowest BCUT2D eigenvalue weighted by molar-refractivity contribution is 0.0225. The van der Waals surface area contributed by atoms with Crippen LogP contribution >= 0.6 is 0 Å². The highest BCUT2D eigenvalue weighted by molar-refractivity contribution is 4.83. The Balaban J connectivity index is 2.20. The number of ether oxygens (including phenoxy) is 1. The highest BCUT2D eigenvalue weighted by Gasteiger charge is 2.25. The molecule has 1 atom stereocenters. The predicted octanol–water partition coefficient (Wildman–Crippen LogP) is 2.17. The van der Waals surface area contributed by atoms with Crippen LogP contribution in [0.1, 0.15) is 47.5 Å². The summed E-state index contributed by atoms with van der Waals surface area (Å²) in [5, 5.41) is 7.02. The van der Waals surface area contributed by atoms with E-state index >= 15 is 0 Å². The van der Waals surface area contributed by atoms with Crippen molar-refractivity contribution in [3.8, 4) is 0 Å². The van der Waals surface area contributed by atoms with Crippen molar-refractivity contribution in [1.82, 2.24) is 10.6 Å². The van der Waals surface area contributed by atoms with Gasteiger partial charge in [-0.25, -0.2) is 0 Å². The van der Waals surface area contributed by atoms with Crippen LogP contribution in [0.5, 0.6) is 0 Å². The van der Waals surface area contributed by atoms with E-state index in [4.69, 9.17) is 4.74 Å². The Kier molecular flexibility index (Phi) is 5.42. The van der Waals surface area contributed by atoms with Gasteiger partial charge in [0, 0.05) is 18.6 Å². The molecule has 3 nitrogen and oxygen atoms in total. The van der Waals surface area contributed by atoms with Crippen LogP contribution in [0, 0.1) is 5.41 Å². The second-order valence-electron chi connectivity index (χ2n) is 7.03. The molecule has 1 aliphatic heterocycles.